The third kappa shape index (κ3) is 3.76. The molecule has 1 saturated heterocycles. The summed E-state index contributed by atoms with van der Waals surface area (Å²) in [5, 5.41) is 0. The minimum atomic E-state index is 0.0690. The molecule has 1 aliphatic heterocycles. The van der Waals surface area contributed by atoms with Crippen LogP contribution in [-0.2, 0) is 9.53 Å². The normalized spacial score (nSPS) is 24.7. The van der Waals surface area contributed by atoms with Gasteiger partial charge in [0.15, 0.2) is 0 Å². The number of nitrogens with two attached hydrogens (primary N) is 1. The zero-order valence-corrected chi connectivity index (χ0v) is 10.4. The molecule has 1 aliphatic rings. The van der Waals surface area contributed by atoms with E-state index in [-0.39, 0.29) is 17.9 Å². The van der Waals surface area contributed by atoms with Gasteiger partial charge in [-0.2, -0.15) is 0 Å². The average molecular weight is 228 g/mol. The van der Waals surface area contributed by atoms with Crippen molar-refractivity contribution in [3.05, 3.63) is 0 Å². The largest absolute Gasteiger partial charge is 0.378 e. The number of amides is 1. The Morgan fingerprint density at radius 1 is 1.44 bits per heavy atom. The van der Waals surface area contributed by atoms with Crippen molar-refractivity contribution in [1.82, 2.24) is 4.90 Å². The van der Waals surface area contributed by atoms with Crippen LogP contribution in [-0.4, -0.2) is 43.7 Å². The fraction of sp³-hybridized carbons (Fsp3) is 0.917. The van der Waals surface area contributed by atoms with E-state index in [1.807, 2.05) is 18.9 Å². The molecule has 1 heterocycles. The highest BCUT2D eigenvalue weighted by Crippen LogP contribution is 2.22. The van der Waals surface area contributed by atoms with Gasteiger partial charge in [-0.05, 0) is 32.7 Å². The third-order valence-electron chi connectivity index (χ3n) is 3.27. The van der Waals surface area contributed by atoms with Crippen molar-refractivity contribution in [3.8, 4) is 0 Å². The highest BCUT2D eigenvalue weighted by Gasteiger charge is 2.32. The zero-order valence-electron chi connectivity index (χ0n) is 10.4. The van der Waals surface area contributed by atoms with Crippen LogP contribution in [0.2, 0.25) is 0 Å². The first-order valence-electron chi connectivity index (χ1n) is 6.23. The molecule has 0 aromatic rings. The summed E-state index contributed by atoms with van der Waals surface area (Å²) in [5.74, 6) is 0.303. The lowest BCUT2D eigenvalue weighted by molar-refractivity contribution is -0.135. The standard InChI is InChI=1S/C12H24N2O2/c1-10-11(6-9-16-10)12(15)14(2)8-5-3-4-7-13/h10-11H,3-9,13H2,1-2H3. The van der Waals surface area contributed by atoms with Crippen molar-refractivity contribution in [2.24, 2.45) is 11.7 Å². The van der Waals surface area contributed by atoms with Crippen LogP contribution < -0.4 is 5.73 Å². The Kier molecular flexibility index (Phi) is 5.77. The molecule has 4 heteroatoms. The topological polar surface area (TPSA) is 55.6 Å². The molecule has 0 spiro atoms. The first-order chi connectivity index (χ1) is 7.66. The molecule has 2 unspecified atom stereocenters. The molecule has 1 rings (SSSR count). The Labute approximate surface area is 98.1 Å². The number of hydrogen-bond acceptors (Lipinski definition) is 3. The monoisotopic (exact) mass is 228 g/mol. The van der Waals surface area contributed by atoms with Crippen molar-refractivity contribution in [3.63, 3.8) is 0 Å². The molecule has 0 radical (unpaired) electrons. The smallest absolute Gasteiger partial charge is 0.228 e. The SMILES string of the molecule is CC1OCCC1C(=O)N(C)CCCCCN. The number of hydrogen-bond donors (Lipinski definition) is 1. The Balaban J connectivity index is 2.24. The van der Waals surface area contributed by atoms with Crippen molar-refractivity contribution in [2.75, 3.05) is 26.7 Å². The van der Waals surface area contributed by atoms with E-state index < -0.39 is 0 Å². The lowest BCUT2D eigenvalue weighted by Gasteiger charge is -2.22. The second-order valence-electron chi connectivity index (χ2n) is 4.58. The first kappa shape index (κ1) is 13.5. The van der Waals surface area contributed by atoms with Crippen LogP contribution in [0.25, 0.3) is 0 Å². The molecule has 94 valence electrons. The lowest BCUT2D eigenvalue weighted by Crippen LogP contribution is -2.36. The lowest BCUT2D eigenvalue weighted by atomic mass is 10.0. The van der Waals surface area contributed by atoms with Gasteiger partial charge in [-0.25, -0.2) is 0 Å². The summed E-state index contributed by atoms with van der Waals surface area (Å²) in [4.78, 5) is 13.9. The van der Waals surface area contributed by atoms with Gasteiger partial charge in [0.05, 0.1) is 12.0 Å². The van der Waals surface area contributed by atoms with E-state index in [1.54, 1.807) is 0 Å². The Bertz CT molecular complexity index is 221. The second-order valence-corrected chi connectivity index (χ2v) is 4.58. The average Bonchev–Trinajstić information content (AvgIpc) is 2.69. The van der Waals surface area contributed by atoms with Crippen LogP contribution in [0.15, 0.2) is 0 Å². The summed E-state index contributed by atoms with van der Waals surface area (Å²) in [7, 11) is 1.88. The molecule has 2 atom stereocenters. The Morgan fingerprint density at radius 2 is 2.19 bits per heavy atom. The number of carbonyl (C=O) groups is 1. The molecule has 1 amide bonds. The van der Waals surface area contributed by atoms with Crippen molar-refractivity contribution in [2.45, 2.75) is 38.7 Å². The number of carbonyl (C=O) groups excluding carboxylic acids is 1. The quantitative estimate of drug-likeness (QED) is 0.690. The van der Waals surface area contributed by atoms with Crippen LogP contribution in [0, 0.1) is 5.92 Å². The minimum Gasteiger partial charge on any atom is -0.378 e. The summed E-state index contributed by atoms with van der Waals surface area (Å²) < 4.78 is 5.42. The van der Waals surface area contributed by atoms with E-state index in [4.69, 9.17) is 10.5 Å². The van der Waals surface area contributed by atoms with E-state index >= 15 is 0 Å². The van der Waals surface area contributed by atoms with Crippen LogP contribution in [0.5, 0.6) is 0 Å². The highest BCUT2D eigenvalue weighted by molar-refractivity contribution is 5.79. The van der Waals surface area contributed by atoms with E-state index in [2.05, 4.69) is 0 Å². The maximum absolute atomic E-state index is 12.0. The van der Waals surface area contributed by atoms with Gasteiger partial charge in [0.1, 0.15) is 0 Å². The van der Waals surface area contributed by atoms with Crippen LogP contribution in [0.3, 0.4) is 0 Å². The van der Waals surface area contributed by atoms with Crippen LogP contribution >= 0.6 is 0 Å². The molecule has 0 aromatic heterocycles. The molecule has 0 bridgehead atoms. The zero-order chi connectivity index (χ0) is 12.0. The number of unbranched alkanes of at least 4 members (excludes halogenated alkanes) is 2. The maximum atomic E-state index is 12.0. The maximum Gasteiger partial charge on any atom is 0.228 e. The second kappa shape index (κ2) is 6.86. The summed E-state index contributed by atoms with van der Waals surface area (Å²) >= 11 is 0. The van der Waals surface area contributed by atoms with E-state index in [0.717, 1.165) is 45.4 Å². The molecule has 0 aromatic carbocycles. The van der Waals surface area contributed by atoms with Crippen molar-refractivity contribution >= 4 is 5.91 Å². The fourth-order valence-electron chi connectivity index (χ4n) is 2.12. The summed E-state index contributed by atoms with van der Waals surface area (Å²) in [6.07, 6.45) is 4.14. The van der Waals surface area contributed by atoms with Gasteiger partial charge < -0.3 is 15.4 Å². The van der Waals surface area contributed by atoms with Gasteiger partial charge in [-0.15, -0.1) is 0 Å². The number of ether oxygens (including phenoxy) is 1. The molecule has 4 nitrogen and oxygen atoms in total. The fourth-order valence-corrected chi connectivity index (χ4v) is 2.12. The first-order valence-corrected chi connectivity index (χ1v) is 6.23. The summed E-state index contributed by atoms with van der Waals surface area (Å²) in [5.41, 5.74) is 5.43. The molecule has 0 aliphatic carbocycles. The predicted molar refractivity (Wildman–Crippen MR) is 64.1 cm³/mol. The van der Waals surface area contributed by atoms with Gasteiger partial charge in [-0.1, -0.05) is 6.42 Å². The van der Waals surface area contributed by atoms with Gasteiger partial charge in [0.2, 0.25) is 5.91 Å². The van der Waals surface area contributed by atoms with Gasteiger partial charge in [0.25, 0.3) is 0 Å². The molecule has 16 heavy (non-hydrogen) atoms. The Hall–Kier alpha value is -0.610. The number of nitrogens with zero attached hydrogens (tertiary/aromatic N) is 1. The molecule has 0 saturated carbocycles. The molecular formula is C12H24N2O2. The third-order valence-corrected chi connectivity index (χ3v) is 3.27. The van der Waals surface area contributed by atoms with Gasteiger partial charge >= 0.3 is 0 Å². The summed E-state index contributed by atoms with van der Waals surface area (Å²) in [6, 6.07) is 0. The van der Waals surface area contributed by atoms with E-state index in [9.17, 15) is 4.79 Å². The van der Waals surface area contributed by atoms with Crippen LogP contribution in [0.4, 0.5) is 0 Å². The number of rotatable bonds is 6. The van der Waals surface area contributed by atoms with Crippen molar-refractivity contribution in [1.29, 1.82) is 0 Å². The molecule has 1 fully saturated rings. The predicted octanol–water partition coefficient (Wildman–Crippen LogP) is 0.999. The molecule has 2 N–H and O–H groups in total. The van der Waals surface area contributed by atoms with Crippen LogP contribution in [0.1, 0.15) is 32.6 Å². The van der Waals surface area contributed by atoms with E-state index in [0.29, 0.717) is 0 Å². The Morgan fingerprint density at radius 3 is 2.75 bits per heavy atom. The highest BCUT2D eigenvalue weighted by atomic mass is 16.5. The minimum absolute atomic E-state index is 0.0690. The van der Waals surface area contributed by atoms with E-state index in [1.165, 1.54) is 0 Å². The van der Waals surface area contributed by atoms with Gasteiger partial charge in [-0.3, -0.25) is 4.79 Å². The van der Waals surface area contributed by atoms with Crippen molar-refractivity contribution < 1.29 is 9.53 Å². The summed E-state index contributed by atoms with van der Waals surface area (Å²) in [6.45, 7) is 4.28. The van der Waals surface area contributed by atoms with Gasteiger partial charge in [0, 0.05) is 20.2 Å². The molecular weight excluding hydrogens is 204 g/mol.